The van der Waals surface area contributed by atoms with Crippen LogP contribution in [0.4, 0.5) is 0 Å². The summed E-state index contributed by atoms with van der Waals surface area (Å²) < 4.78 is 16.9. The molecule has 0 fully saturated rings. The third kappa shape index (κ3) is 8.91. The summed E-state index contributed by atoms with van der Waals surface area (Å²) in [4.78, 5) is 0. The van der Waals surface area contributed by atoms with E-state index in [-0.39, 0.29) is 0 Å². The zero-order valence-electron chi connectivity index (χ0n) is 9.47. The molecule has 14 heavy (non-hydrogen) atoms. The minimum absolute atomic E-state index is 0.678. The number of unbranched alkanes of at least 4 members (excludes halogenated alkanes) is 1. The van der Waals surface area contributed by atoms with E-state index in [1.807, 2.05) is 6.92 Å². The topological polar surface area (TPSA) is 27.7 Å². The van der Waals surface area contributed by atoms with E-state index in [9.17, 15) is 0 Å². The Morgan fingerprint density at radius 1 is 1.21 bits per heavy atom. The first kappa shape index (κ1) is 14.3. The Kier molecular flexibility index (Phi) is 10.1. The Hall–Kier alpha value is 0.334. The molecule has 0 spiro atoms. The number of hydrogen-bond acceptors (Lipinski definition) is 3. The molecular weight excluding hydrogens is 216 g/mol. The standard InChI is InChI=1S/C8H15O.2CH3O.Ti/c1-4-5-6-9-7-8(2)3;2*1-2;/h1-2,4-7H2,3H3;2*1H3;/q;2*-1;+2. The Balaban J connectivity index is 3.16. The molecule has 0 atom stereocenters. The molecule has 0 aliphatic heterocycles. The first-order valence-corrected chi connectivity index (χ1v) is 7.24. The summed E-state index contributed by atoms with van der Waals surface area (Å²) in [6.45, 7) is 7.23. The third-order valence-electron chi connectivity index (χ3n) is 1.72. The molecule has 0 radical (unpaired) electrons. The van der Waals surface area contributed by atoms with Gasteiger partial charge in [-0.05, 0) is 0 Å². The Morgan fingerprint density at radius 2 is 1.86 bits per heavy atom. The minimum atomic E-state index is -1.59. The quantitative estimate of drug-likeness (QED) is 0.350. The van der Waals surface area contributed by atoms with Crippen molar-refractivity contribution in [3.63, 3.8) is 0 Å². The molecule has 0 aromatic heterocycles. The molecular formula is C10H21O3Ti. The predicted octanol–water partition coefficient (Wildman–Crippen LogP) is 2.52. The van der Waals surface area contributed by atoms with Gasteiger partial charge in [-0.3, -0.25) is 0 Å². The van der Waals surface area contributed by atoms with Crippen LogP contribution in [0.2, 0.25) is 4.73 Å². The Labute approximate surface area is 94.2 Å². The molecule has 0 bridgehead atoms. The molecule has 0 N–H and O–H groups in total. The fraction of sp³-hybridized carbons (Fsp3) is 0.800. The van der Waals surface area contributed by atoms with Crippen LogP contribution < -0.4 is 0 Å². The fourth-order valence-corrected chi connectivity index (χ4v) is 2.75. The van der Waals surface area contributed by atoms with E-state index in [0.717, 1.165) is 29.7 Å². The van der Waals surface area contributed by atoms with E-state index in [0.29, 0.717) is 6.61 Å². The average Bonchev–Trinajstić information content (AvgIpc) is 2.16. The third-order valence-corrected chi connectivity index (χ3v) is 4.34. The van der Waals surface area contributed by atoms with E-state index >= 15 is 0 Å². The van der Waals surface area contributed by atoms with Gasteiger partial charge >= 0.3 is 94.1 Å². The first-order chi connectivity index (χ1) is 6.70. The van der Waals surface area contributed by atoms with Gasteiger partial charge in [0.05, 0.1) is 0 Å². The maximum absolute atomic E-state index is 5.38. The van der Waals surface area contributed by atoms with Gasteiger partial charge in [-0.2, -0.15) is 0 Å². The van der Waals surface area contributed by atoms with Gasteiger partial charge in [-0.25, -0.2) is 0 Å². The molecule has 0 aliphatic rings. The average molecular weight is 237 g/mol. The summed E-state index contributed by atoms with van der Waals surface area (Å²) in [6.07, 6.45) is 2.21. The van der Waals surface area contributed by atoms with Crippen molar-refractivity contribution < 1.29 is 30.0 Å². The van der Waals surface area contributed by atoms with Gasteiger partial charge in [-0.15, -0.1) is 0 Å². The van der Waals surface area contributed by atoms with Crippen molar-refractivity contribution in [2.75, 3.05) is 27.4 Å². The van der Waals surface area contributed by atoms with E-state index in [4.69, 9.17) is 11.4 Å². The summed E-state index contributed by atoms with van der Waals surface area (Å²) in [7, 11) is 3.47. The van der Waals surface area contributed by atoms with Crippen molar-refractivity contribution in [1.82, 2.24) is 0 Å². The van der Waals surface area contributed by atoms with Gasteiger partial charge in [0.25, 0.3) is 0 Å². The van der Waals surface area contributed by atoms with Crippen molar-refractivity contribution in [2.45, 2.75) is 24.5 Å². The van der Waals surface area contributed by atoms with Crippen LogP contribution in [0.3, 0.4) is 0 Å². The van der Waals surface area contributed by atoms with E-state index in [1.54, 1.807) is 14.2 Å². The van der Waals surface area contributed by atoms with Crippen molar-refractivity contribution >= 4 is 0 Å². The Morgan fingerprint density at radius 3 is 2.36 bits per heavy atom. The van der Waals surface area contributed by atoms with Gasteiger partial charge in [0.2, 0.25) is 0 Å². The molecule has 0 heterocycles. The Bertz CT molecular complexity index is 146. The van der Waals surface area contributed by atoms with Crippen LogP contribution in [-0.4, -0.2) is 27.4 Å². The molecule has 0 aromatic rings. The molecule has 83 valence electrons. The van der Waals surface area contributed by atoms with Crippen molar-refractivity contribution in [3.05, 3.63) is 12.2 Å². The molecule has 0 amide bonds. The van der Waals surface area contributed by atoms with Crippen LogP contribution in [0, 0.1) is 0 Å². The summed E-state index contributed by atoms with van der Waals surface area (Å²) in [5, 5.41) is 0. The van der Waals surface area contributed by atoms with Crippen LogP contribution >= 0.6 is 0 Å². The molecule has 0 aliphatic carbocycles. The van der Waals surface area contributed by atoms with Crippen LogP contribution in [0.1, 0.15) is 19.8 Å². The molecule has 0 rings (SSSR count). The molecule has 4 heteroatoms. The molecule has 3 nitrogen and oxygen atoms in total. The van der Waals surface area contributed by atoms with Crippen LogP contribution in [0.5, 0.6) is 0 Å². The first-order valence-electron chi connectivity index (χ1n) is 4.86. The van der Waals surface area contributed by atoms with E-state index < -0.39 is 18.6 Å². The van der Waals surface area contributed by atoms with Gasteiger partial charge in [-0.1, -0.05) is 0 Å². The number of hydrogen-bond donors (Lipinski definition) is 0. The molecule has 0 aromatic carbocycles. The van der Waals surface area contributed by atoms with Gasteiger partial charge < -0.3 is 0 Å². The van der Waals surface area contributed by atoms with E-state index in [2.05, 4.69) is 6.58 Å². The van der Waals surface area contributed by atoms with Crippen LogP contribution in [-0.2, 0) is 30.0 Å². The van der Waals surface area contributed by atoms with Crippen LogP contribution in [0.15, 0.2) is 12.2 Å². The van der Waals surface area contributed by atoms with Crippen molar-refractivity contribution in [1.29, 1.82) is 0 Å². The fourth-order valence-electron chi connectivity index (χ4n) is 1.01. The second-order valence-electron chi connectivity index (χ2n) is 3.25. The molecule has 0 saturated carbocycles. The van der Waals surface area contributed by atoms with Crippen molar-refractivity contribution in [3.8, 4) is 0 Å². The zero-order valence-corrected chi connectivity index (χ0v) is 11.0. The summed E-state index contributed by atoms with van der Waals surface area (Å²) in [5.41, 5.74) is 1.08. The summed E-state index contributed by atoms with van der Waals surface area (Å²) >= 11 is -1.59. The van der Waals surface area contributed by atoms with Gasteiger partial charge in [0, 0.05) is 0 Å². The monoisotopic (exact) mass is 237 g/mol. The number of ether oxygens (including phenoxy) is 1. The van der Waals surface area contributed by atoms with Crippen LogP contribution in [0.25, 0.3) is 0 Å². The van der Waals surface area contributed by atoms with Crippen molar-refractivity contribution in [2.24, 2.45) is 0 Å². The molecule has 0 unspecified atom stereocenters. The zero-order chi connectivity index (χ0) is 10.8. The second-order valence-corrected chi connectivity index (χ2v) is 6.46. The SMILES string of the molecule is C=C(C)COCCC[CH2][Ti]([O]C)[O]C. The van der Waals surface area contributed by atoms with Gasteiger partial charge in [0.15, 0.2) is 0 Å². The predicted molar refractivity (Wildman–Crippen MR) is 53.7 cm³/mol. The summed E-state index contributed by atoms with van der Waals surface area (Å²) in [5.74, 6) is 0. The van der Waals surface area contributed by atoms with Gasteiger partial charge in [0.1, 0.15) is 0 Å². The maximum atomic E-state index is 5.38. The molecule has 0 saturated heterocycles. The second kappa shape index (κ2) is 9.87. The summed E-state index contributed by atoms with van der Waals surface area (Å²) in [6, 6.07) is 0. The van der Waals surface area contributed by atoms with E-state index in [1.165, 1.54) is 0 Å². The number of rotatable bonds is 9. The normalized spacial score (nSPS) is 10.2.